The monoisotopic (exact) mass is 496 g/mol. The minimum atomic E-state index is -1.10. The molecule has 0 fully saturated rings. The molecular formula is C25H52O9. The van der Waals surface area contributed by atoms with E-state index < -0.39 is 23.5 Å². The van der Waals surface area contributed by atoms with Crippen molar-refractivity contribution in [3.8, 4) is 0 Å². The SMILES string of the molecule is C.C.C.C.C.C.C=C(C)C(=O)OCOCC(C)(COCOC(=O)C(=C)C)OCOC(=O)C(=C)C. The Morgan fingerprint density at radius 3 is 1.12 bits per heavy atom. The standard InChI is InChI=1S/C19H28O9.6CH4/c1-13(2)16(20)25-10-23-8-19(7,28-12-27-18(22)15(5)6)9-24-11-26-17(21)14(3)4;;;;;;/h1,3,5,8-12H2,2,4,6-7H3;6*1H4. The molecule has 34 heavy (non-hydrogen) atoms. The molecule has 0 atom stereocenters. The first-order valence-corrected chi connectivity index (χ1v) is 8.26. The summed E-state index contributed by atoms with van der Waals surface area (Å²) in [6.45, 7) is 15.3. The second-order valence-electron chi connectivity index (χ2n) is 6.28. The van der Waals surface area contributed by atoms with Gasteiger partial charge in [0.2, 0.25) is 0 Å². The molecule has 0 saturated carbocycles. The molecule has 0 saturated heterocycles. The van der Waals surface area contributed by atoms with Crippen molar-refractivity contribution in [2.45, 2.75) is 77.9 Å². The average Bonchev–Trinajstić information content (AvgIpc) is 2.61. The van der Waals surface area contributed by atoms with E-state index in [9.17, 15) is 14.4 Å². The molecular weight excluding hydrogens is 444 g/mol. The number of rotatable bonds is 14. The summed E-state index contributed by atoms with van der Waals surface area (Å²) in [7, 11) is 0. The molecule has 0 spiro atoms. The molecule has 0 aromatic heterocycles. The van der Waals surface area contributed by atoms with Crippen LogP contribution in [0.4, 0.5) is 0 Å². The minimum absolute atomic E-state index is 0. The van der Waals surface area contributed by atoms with Crippen LogP contribution in [0, 0.1) is 0 Å². The zero-order valence-corrected chi connectivity index (χ0v) is 16.8. The Bertz CT molecular complexity index is 576. The van der Waals surface area contributed by atoms with Crippen LogP contribution in [0.1, 0.15) is 72.3 Å². The fourth-order valence-electron chi connectivity index (χ4n) is 1.43. The highest BCUT2D eigenvalue weighted by molar-refractivity contribution is 5.87. The van der Waals surface area contributed by atoms with Gasteiger partial charge in [0.1, 0.15) is 5.60 Å². The van der Waals surface area contributed by atoms with Crippen molar-refractivity contribution in [2.24, 2.45) is 0 Å². The molecule has 0 rings (SSSR count). The summed E-state index contributed by atoms with van der Waals surface area (Å²) in [4.78, 5) is 34.1. The van der Waals surface area contributed by atoms with E-state index in [4.69, 9.17) is 28.4 Å². The van der Waals surface area contributed by atoms with E-state index in [1.54, 1.807) is 6.92 Å². The summed E-state index contributed by atoms with van der Waals surface area (Å²) >= 11 is 0. The van der Waals surface area contributed by atoms with Gasteiger partial charge in [-0.1, -0.05) is 64.3 Å². The first-order chi connectivity index (χ1) is 13.0. The lowest BCUT2D eigenvalue weighted by atomic mass is 10.1. The zero-order chi connectivity index (χ0) is 21.7. The third-order valence-corrected chi connectivity index (χ3v) is 3.00. The lowest BCUT2D eigenvalue weighted by Crippen LogP contribution is -2.41. The maximum atomic E-state index is 11.4. The molecule has 9 heteroatoms. The molecule has 0 radical (unpaired) electrons. The van der Waals surface area contributed by atoms with E-state index in [1.165, 1.54) is 20.8 Å². The quantitative estimate of drug-likeness (QED) is 0.0963. The summed E-state index contributed by atoms with van der Waals surface area (Å²) in [5, 5.41) is 0. The van der Waals surface area contributed by atoms with E-state index in [1.807, 2.05) is 0 Å². The van der Waals surface area contributed by atoms with Gasteiger partial charge in [0.25, 0.3) is 0 Å². The molecule has 0 unspecified atom stereocenters. The highest BCUT2D eigenvalue weighted by atomic mass is 16.7. The molecule has 0 N–H and O–H groups in total. The second kappa shape index (κ2) is 25.1. The summed E-state index contributed by atoms with van der Waals surface area (Å²) in [5.74, 6) is -1.81. The van der Waals surface area contributed by atoms with E-state index in [0.29, 0.717) is 0 Å². The number of carbonyl (C=O) groups is 3. The fourth-order valence-corrected chi connectivity index (χ4v) is 1.43. The molecule has 206 valence electrons. The predicted molar refractivity (Wildman–Crippen MR) is 139 cm³/mol. The van der Waals surface area contributed by atoms with Crippen molar-refractivity contribution < 1.29 is 42.8 Å². The fraction of sp³-hybridized carbons (Fsp3) is 0.640. The van der Waals surface area contributed by atoms with Crippen LogP contribution in [0.15, 0.2) is 36.5 Å². The first-order valence-electron chi connectivity index (χ1n) is 8.26. The lowest BCUT2D eigenvalue weighted by molar-refractivity contribution is -0.207. The first kappa shape index (κ1) is 48.8. The molecule has 0 aliphatic rings. The van der Waals surface area contributed by atoms with Crippen LogP contribution in [0.2, 0.25) is 0 Å². The van der Waals surface area contributed by atoms with Crippen molar-refractivity contribution in [2.75, 3.05) is 33.6 Å². The van der Waals surface area contributed by atoms with Gasteiger partial charge in [0.15, 0.2) is 20.4 Å². The van der Waals surface area contributed by atoms with Gasteiger partial charge in [-0.25, -0.2) is 14.4 Å². The number of hydrogen-bond donors (Lipinski definition) is 0. The second-order valence-corrected chi connectivity index (χ2v) is 6.28. The summed E-state index contributed by atoms with van der Waals surface area (Å²) in [6, 6.07) is 0. The third-order valence-electron chi connectivity index (χ3n) is 3.00. The maximum absolute atomic E-state index is 11.4. The smallest absolute Gasteiger partial charge is 0.335 e. The van der Waals surface area contributed by atoms with Gasteiger partial charge in [0, 0.05) is 16.7 Å². The van der Waals surface area contributed by atoms with Gasteiger partial charge in [-0.2, -0.15) is 0 Å². The summed E-state index contributed by atoms with van der Waals surface area (Å²) in [5.41, 5.74) is -0.411. The largest absolute Gasteiger partial charge is 0.435 e. The van der Waals surface area contributed by atoms with E-state index >= 15 is 0 Å². The predicted octanol–water partition coefficient (Wildman–Crippen LogP) is 5.84. The van der Waals surface area contributed by atoms with Gasteiger partial charge in [-0.15, -0.1) is 0 Å². The number of carbonyl (C=O) groups excluding carboxylic acids is 3. The van der Waals surface area contributed by atoms with Crippen LogP contribution in [-0.4, -0.2) is 57.1 Å². The molecule has 0 heterocycles. The molecule has 0 aliphatic heterocycles. The normalized spacial score (nSPS) is 8.82. The number of ether oxygens (including phenoxy) is 6. The third kappa shape index (κ3) is 22.7. The van der Waals surface area contributed by atoms with Gasteiger partial charge in [-0.3, -0.25) is 0 Å². The molecule has 0 aromatic carbocycles. The Morgan fingerprint density at radius 2 is 0.853 bits per heavy atom. The van der Waals surface area contributed by atoms with Crippen LogP contribution in [0.3, 0.4) is 0 Å². The molecule has 0 aromatic rings. The molecule has 0 amide bonds. The van der Waals surface area contributed by atoms with Crippen LogP contribution >= 0.6 is 0 Å². The molecule has 9 nitrogen and oxygen atoms in total. The van der Waals surface area contributed by atoms with Crippen molar-refractivity contribution in [3.63, 3.8) is 0 Å². The van der Waals surface area contributed by atoms with Gasteiger partial charge >= 0.3 is 17.9 Å². The van der Waals surface area contributed by atoms with Gasteiger partial charge < -0.3 is 28.4 Å². The number of esters is 3. The van der Waals surface area contributed by atoms with Crippen LogP contribution < -0.4 is 0 Å². The average molecular weight is 497 g/mol. The Hall–Kier alpha value is -2.49. The molecule has 0 aliphatic carbocycles. The van der Waals surface area contributed by atoms with Crippen molar-refractivity contribution in [1.82, 2.24) is 0 Å². The highest BCUT2D eigenvalue weighted by Gasteiger charge is 2.27. The van der Waals surface area contributed by atoms with Crippen molar-refractivity contribution in [3.05, 3.63) is 36.5 Å². The van der Waals surface area contributed by atoms with Crippen LogP contribution in [0.25, 0.3) is 0 Å². The maximum Gasteiger partial charge on any atom is 0.335 e. The Balaban J connectivity index is -0.000000243. The van der Waals surface area contributed by atoms with Crippen molar-refractivity contribution in [1.29, 1.82) is 0 Å². The van der Waals surface area contributed by atoms with Crippen molar-refractivity contribution >= 4 is 17.9 Å². The van der Waals surface area contributed by atoms with Gasteiger partial charge in [-0.05, 0) is 27.7 Å². The van der Waals surface area contributed by atoms with Crippen LogP contribution in [0.5, 0.6) is 0 Å². The minimum Gasteiger partial charge on any atom is -0.435 e. The Morgan fingerprint density at radius 1 is 0.588 bits per heavy atom. The summed E-state index contributed by atoms with van der Waals surface area (Å²) in [6.07, 6.45) is 0. The van der Waals surface area contributed by atoms with Gasteiger partial charge in [0.05, 0.1) is 13.2 Å². The highest BCUT2D eigenvalue weighted by Crippen LogP contribution is 2.13. The number of hydrogen-bond acceptors (Lipinski definition) is 9. The zero-order valence-electron chi connectivity index (χ0n) is 16.8. The Kier molecular flexibility index (Phi) is 36.1. The topological polar surface area (TPSA) is 107 Å². The van der Waals surface area contributed by atoms with E-state index in [-0.39, 0.29) is 94.9 Å². The molecule has 0 bridgehead atoms. The summed E-state index contributed by atoms with van der Waals surface area (Å²) < 4.78 is 30.6. The Labute approximate surface area is 209 Å². The lowest BCUT2D eigenvalue weighted by Gasteiger charge is -2.29. The van der Waals surface area contributed by atoms with E-state index in [0.717, 1.165) is 0 Å². The van der Waals surface area contributed by atoms with E-state index in [2.05, 4.69) is 19.7 Å². The van der Waals surface area contributed by atoms with Crippen LogP contribution in [-0.2, 0) is 42.8 Å².